The number of furan rings is 1. The zero-order valence-electron chi connectivity index (χ0n) is 21.6. The molecule has 36 heavy (non-hydrogen) atoms. The summed E-state index contributed by atoms with van der Waals surface area (Å²) in [5.74, 6) is -0.571. The lowest BCUT2D eigenvalue weighted by Gasteiger charge is -2.36. The number of nitrogens with zero attached hydrogens (tertiary/aromatic N) is 1. The Bertz CT molecular complexity index is 1000. The number of carbonyl (C=O) groups excluding carboxylic acids is 2. The molecule has 2 amide bonds. The molecular formula is C29H41NO6. The molecule has 2 fully saturated rings. The maximum Gasteiger partial charge on any atom is 0.234 e. The number of carbonyl (C=O) groups is 2. The highest BCUT2D eigenvalue weighted by Crippen LogP contribution is 2.48. The highest BCUT2D eigenvalue weighted by atomic mass is 16.4. The molecule has 0 radical (unpaired) electrons. The molecule has 3 N–H and O–H groups in total. The van der Waals surface area contributed by atoms with Crippen LogP contribution in [0.4, 0.5) is 0 Å². The first kappa shape index (κ1) is 26.8. The van der Waals surface area contributed by atoms with Crippen LogP contribution in [-0.2, 0) is 16.2 Å². The second kappa shape index (κ2) is 11.9. The molecule has 2 aliphatic carbocycles. The van der Waals surface area contributed by atoms with Crippen molar-refractivity contribution < 1.29 is 29.3 Å². The molecule has 2 heterocycles. The number of aliphatic hydroxyl groups is 3. The highest BCUT2D eigenvalue weighted by molar-refractivity contribution is 6.06. The molecule has 1 saturated heterocycles. The SMILES string of the molecule is CCC1=C([C@H](O)CC/C(=C/c2ccc(CO)o2)CC)[C@H](CO)[C@@H]2C(=O)N(C3CCCCC3)C(=O)[C@@H]2C1. The quantitative estimate of drug-likeness (QED) is 0.326. The summed E-state index contributed by atoms with van der Waals surface area (Å²) in [5, 5.41) is 31.0. The Morgan fingerprint density at radius 2 is 1.89 bits per heavy atom. The summed E-state index contributed by atoms with van der Waals surface area (Å²) < 4.78 is 5.58. The Labute approximate surface area is 213 Å². The Morgan fingerprint density at radius 1 is 1.14 bits per heavy atom. The number of amides is 2. The third kappa shape index (κ3) is 5.24. The minimum Gasteiger partial charge on any atom is -0.459 e. The summed E-state index contributed by atoms with van der Waals surface area (Å²) in [6, 6.07) is 3.54. The van der Waals surface area contributed by atoms with Gasteiger partial charge in [0.2, 0.25) is 11.8 Å². The number of hydrogen-bond acceptors (Lipinski definition) is 6. The zero-order valence-corrected chi connectivity index (χ0v) is 21.6. The standard InChI is InChI=1S/C29H41NO6/c1-3-18(14-21-11-12-22(16-31)36-21)10-13-25(33)26-19(4-2)15-23-27(24(26)17-32)29(35)30(28(23)34)20-8-6-5-7-9-20/h11-12,14,20,23-25,27,31-33H,3-10,13,15-17H2,1-2H3/b18-14+/t23-,24+,25-,27-/m1/s1. The van der Waals surface area contributed by atoms with E-state index in [0.29, 0.717) is 37.2 Å². The first-order valence-electron chi connectivity index (χ1n) is 13.7. The largest absolute Gasteiger partial charge is 0.459 e. The van der Waals surface area contributed by atoms with Gasteiger partial charge in [0.25, 0.3) is 0 Å². The Morgan fingerprint density at radius 3 is 2.50 bits per heavy atom. The molecule has 7 nitrogen and oxygen atoms in total. The molecule has 0 bridgehead atoms. The zero-order chi connectivity index (χ0) is 25.8. The Balaban J connectivity index is 1.53. The topological polar surface area (TPSA) is 111 Å². The van der Waals surface area contributed by atoms with E-state index in [4.69, 9.17) is 4.42 Å². The van der Waals surface area contributed by atoms with Gasteiger partial charge < -0.3 is 19.7 Å². The summed E-state index contributed by atoms with van der Waals surface area (Å²) in [6.07, 6.45) is 9.19. The van der Waals surface area contributed by atoms with E-state index in [2.05, 4.69) is 6.92 Å². The van der Waals surface area contributed by atoms with Crippen molar-refractivity contribution in [3.63, 3.8) is 0 Å². The molecule has 1 aromatic rings. The summed E-state index contributed by atoms with van der Waals surface area (Å²) >= 11 is 0. The van der Waals surface area contributed by atoms with Gasteiger partial charge in [-0.15, -0.1) is 0 Å². The van der Waals surface area contributed by atoms with Crippen molar-refractivity contribution in [2.24, 2.45) is 17.8 Å². The molecule has 0 spiro atoms. The van der Waals surface area contributed by atoms with E-state index in [1.54, 1.807) is 6.07 Å². The van der Waals surface area contributed by atoms with Crippen LogP contribution in [0.5, 0.6) is 0 Å². The number of fused-ring (bicyclic) bond motifs is 1. The van der Waals surface area contributed by atoms with E-state index < -0.39 is 23.9 Å². The number of hydrogen-bond donors (Lipinski definition) is 3. The van der Waals surface area contributed by atoms with Gasteiger partial charge in [-0.1, -0.05) is 44.3 Å². The number of allylic oxidation sites excluding steroid dienone is 2. The lowest BCUT2D eigenvalue weighted by Crippen LogP contribution is -2.42. The second-order valence-corrected chi connectivity index (χ2v) is 10.5. The fourth-order valence-electron chi connectivity index (χ4n) is 6.61. The van der Waals surface area contributed by atoms with Gasteiger partial charge in [-0.3, -0.25) is 14.5 Å². The monoisotopic (exact) mass is 499 g/mol. The predicted molar refractivity (Wildman–Crippen MR) is 136 cm³/mol. The van der Waals surface area contributed by atoms with E-state index in [1.807, 2.05) is 19.1 Å². The normalized spacial score (nSPS) is 26.6. The molecule has 3 aliphatic rings. The van der Waals surface area contributed by atoms with Crippen molar-refractivity contribution in [2.45, 2.75) is 96.8 Å². The Kier molecular flexibility index (Phi) is 8.86. The minimum absolute atomic E-state index is 0.0210. The molecule has 4 atom stereocenters. The fourth-order valence-corrected chi connectivity index (χ4v) is 6.61. The van der Waals surface area contributed by atoms with Gasteiger partial charge >= 0.3 is 0 Å². The third-order valence-corrected chi connectivity index (χ3v) is 8.52. The number of imide groups is 1. The van der Waals surface area contributed by atoms with Crippen LogP contribution in [0.15, 0.2) is 33.3 Å². The molecule has 1 aliphatic heterocycles. The Hall–Kier alpha value is -2.22. The summed E-state index contributed by atoms with van der Waals surface area (Å²) in [4.78, 5) is 28.5. The van der Waals surface area contributed by atoms with Crippen molar-refractivity contribution in [1.82, 2.24) is 4.90 Å². The van der Waals surface area contributed by atoms with Crippen LogP contribution in [0, 0.1) is 17.8 Å². The molecule has 0 aromatic carbocycles. The van der Waals surface area contributed by atoms with Gasteiger partial charge in [0, 0.05) is 12.0 Å². The number of rotatable bonds is 10. The number of aliphatic hydroxyl groups excluding tert-OH is 3. The molecule has 4 rings (SSSR count). The molecule has 7 heteroatoms. The van der Waals surface area contributed by atoms with Gasteiger partial charge in [-0.2, -0.15) is 0 Å². The van der Waals surface area contributed by atoms with Gasteiger partial charge in [0.1, 0.15) is 18.1 Å². The van der Waals surface area contributed by atoms with Gasteiger partial charge in [-0.25, -0.2) is 0 Å². The summed E-state index contributed by atoms with van der Waals surface area (Å²) in [5.41, 5.74) is 2.88. The van der Waals surface area contributed by atoms with Gasteiger partial charge in [-0.05, 0) is 68.7 Å². The van der Waals surface area contributed by atoms with Crippen LogP contribution in [0.25, 0.3) is 6.08 Å². The van der Waals surface area contributed by atoms with Gasteiger partial charge in [0.05, 0.1) is 24.5 Å². The van der Waals surface area contributed by atoms with Crippen LogP contribution >= 0.6 is 0 Å². The van der Waals surface area contributed by atoms with Crippen molar-refractivity contribution >= 4 is 17.9 Å². The maximum absolute atomic E-state index is 13.6. The van der Waals surface area contributed by atoms with E-state index >= 15 is 0 Å². The predicted octanol–water partition coefficient (Wildman–Crippen LogP) is 4.36. The summed E-state index contributed by atoms with van der Waals surface area (Å²) in [7, 11) is 0. The second-order valence-electron chi connectivity index (χ2n) is 10.5. The number of likely N-dealkylation sites (tertiary alicyclic amines) is 1. The fraction of sp³-hybridized carbons (Fsp3) is 0.655. The summed E-state index contributed by atoms with van der Waals surface area (Å²) in [6.45, 7) is 3.67. The van der Waals surface area contributed by atoms with Crippen LogP contribution in [0.1, 0.15) is 89.6 Å². The van der Waals surface area contributed by atoms with E-state index in [0.717, 1.165) is 55.2 Å². The third-order valence-electron chi connectivity index (χ3n) is 8.52. The van der Waals surface area contributed by atoms with Crippen LogP contribution in [-0.4, -0.2) is 50.8 Å². The lowest BCUT2D eigenvalue weighted by atomic mass is 9.67. The van der Waals surface area contributed by atoms with Crippen molar-refractivity contribution in [3.05, 3.63) is 40.4 Å². The average molecular weight is 500 g/mol. The van der Waals surface area contributed by atoms with Crippen molar-refractivity contribution in [1.29, 1.82) is 0 Å². The maximum atomic E-state index is 13.6. The highest BCUT2D eigenvalue weighted by Gasteiger charge is 2.56. The average Bonchev–Trinajstić information content (AvgIpc) is 3.47. The molecule has 198 valence electrons. The van der Waals surface area contributed by atoms with E-state index in [9.17, 15) is 24.9 Å². The van der Waals surface area contributed by atoms with Crippen LogP contribution in [0.3, 0.4) is 0 Å². The van der Waals surface area contributed by atoms with Crippen LogP contribution in [0.2, 0.25) is 0 Å². The smallest absolute Gasteiger partial charge is 0.234 e. The van der Waals surface area contributed by atoms with Crippen LogP contribution < -0.4 is 0 Å². The van der Waals surface area contributed by atoms with E-state index in [-0.39, 0.29) is 31.1 Å². The molecule has 1 saturated carbocycles. The van der Waals surface area contributed by atoms with Crippen molar-refractivity contribution in [3.8, 4) is 0 Å². The molecular weight excluding hydrogens is 458 g/mol. The first-order chi connectivity index (χ1) is 17.4. The van der Waals surface area contributed by atoms with E-state index in [1.165, 1.54) is 4.90 Å². The van der Waals surface area contributed by atoms with Gasteiger partial charge in [0.15, 0.2) is 0 Å². The minimum atomic E-state index is -0.788. The molecule has 1 aromatic heterocycles. The first-order valence-corrected chi connectivity index (χ1v) is 13.7. The lowest BCUT2D eigenvalue weighted by molar-refractivity contribution is -0.143. The molecule has 0 unspecified atom stereocenters. The van der Waals surface area contributed by atoms with Crippen molar-refractivity contribution in [2.75, 3.05) is 6.61 Å².